The Morgan fingerprint density at radius 1 is 1.40 bits per heavy atom. The summed E-state index contributed by atoms with van der Waals surface area (Å²) in [4.78, 5) is 24.6. The molecule has 1 heterocycles. The number of likely N-dealkylation sites (N-methyl/N-ethyl adjacent to an activating group) is 1. The number of nitrogens with zero attached hydrogens (tertiary/aromatic N) is 1. The summed E-state index contributed by atoms with van der Waals surface area (Å²) in [5.41, 5.74) is -0.358. The summed E-state index contributed by atoms with van der Waals surface area (Å²) in [7, 11) is 1.61. The molecule has 1 aromatic carbocycles. The highest BCUT2D eigenvalue weighted by Gasteiger charge is 2.35. The molecule has 5 nitrogen and oxygen atoms in total. The highest BCUT2D eigenvalue weighted by molar-refractivity contribution is 6.01. The molecular weight excluding hydrogens is 268 g/mol. The van der Waals surface area contributed by atoms with E-state index in [0.717, 1.165) is 17.0 Å². The van der Waals surface area contributed by atoms with Crippen LogP contribution in [-0.4, -0.2) is 38.0 Å². The molecular formula is C13H15F2N3O2. The third kappa shape index (κ3) is 2.77. The normalized spacial score (nSPS) is 18.4. The number of nitrogens with one attached hydrogen (secondary N) is 2. The van der Waals surface area contributed by atoms with Crippen LogP contribution in [0, 0.1) is 11.6 Å². The van der Waals surface area contributed by atoms with Crippen molar-refractivity contribution in [3.05, 3.63) is 29.8 Å². The van der Waals surface area contributed by atoms with Crippen molar-refractivity contribution in [2.45, 2.75) is 12.5 Å². The zero-order chi connectivity index (χ0) is 14.7. The molecule has 108 valence electrons. The molecule has 0 radical (unpaired) electrons. The van der Waals surface area contributed by atoms with Crippen molar-refractivity contribution < 1.29 is 18.4 Å². The van der Waals surface area contributed by atoms with E-state index >= 15 is 0 Å². The predicted octanol–water partition coefficient (Wildman–Crippen LogP) is 0.406. The molecule has 20 heavy (non-hydrogen) atoms. The number of carbonyl (C=O) groups is 2. The van der Waals surface area contributed by atoms with E-state index in [-0.39, 0.29) is 24.7 Å². The molecule has 1 saturated heterocycles. The first-order valence-corrected chi connectivity index (χ1v) is 6.24. The number of hydrogen-bond donors (Lipinski definition) is 2. The van der Waals surface area contributed by atoms with Crippen molar-refractivity contribution in [3.8, 4) is 0 Å². The SMILES string of the molecule is CNCC(=O)NC1CCN(c2c(F)cccc2F)C1=O. The van der Waals surface area contributed by atoms with Gasteiger partial charge in [-0.1, -0.05) is 6.07 Å². The average Bonchev–Trinajstić information content (AvgIpc) is 2.72. The molecule has 2 N–H and O–H groups in total. The lowest BCUT2D eigenvalue weighted by Gasteiger charge is -2.18. The summed E-state index contributed by atoms with van der Waals surface area (Å²) in [5, 5.41) is 5.19. The average molecular weight is 283 g/mol. The first-order chi connectivity index (χ1) is 9.54. The number of halogens is 2. The minimum absolute atomic E-state index is 0.0812. The van der Waals surface area contributed by atoms with E-state index in [2.05, 4.69) is 10.6 Å². The van der Waals surface area contributed by atoms with Crippen LogP contribution in [0.2, 0.25) is 0 Å². The van der Waals surface area contributed by atoms with Crippen molar-refractivity contribution >= 4 is 17.5 Å². The lowest BCUT2D eigenvalue weighted by molar-refractivity contribution is -0.125. The summed E-state index contributed by atoms with van der Waals surface area (Å²) in [6, 6.07) is 2.69. The Balaban J connectivity index is 2.13. The first kappa shape index (κ1) is 14.4. The quantitative estimate of drug-likeness (QED) is 0.841. The monoisotopic (exact) mass is 283 g/mol. The lowest BCUT2D eigenvalue weighted by atomic mass is 10.2. The van der Waals surface area contributed by atoms with Crippen LogP contribution >= 0.6 is 0 Å². The summed E-state index contributed by atoms with van der Waals surface area (Å²) >= 11 is 0. The second kappa shape index (κ2) is 5.96. The minimum Gasteiger partial charge on any atom is -0.343 e. The van der Waals surface area contributed by atoms with Gasteiger partial charge in [0.25, 0.3) is 0 Å². The molecule has 1 aliphatic rings. The highest BCUT2D eigenvalue weighted by atomic mass is 19.1. The van der Waals surface area contributed by atoms with E-state index < -0.39 is 23.6 Å². The van der Waals surface area contributed by atoms with Gasteiger partial charge in [-0.05, 0) is 25.6 Å². The standard InChI is InChI=1S/C13H15F2N3O2/c1-16-7-11(19)17-10-5-6-18(13(10)20)12-8(14)3-2-4-9(12)15/h2-4,10,16H,5-7H2,1H3,(H,17,19). The Hall–Kier alpha value is -2.02. The molecule has 2 rings (SSSR count). The predicted molar refractivity (Wildman–Crippen MR) is 69.2 cm³/mol. The zero-order valence-corrected chi connectivity index (χ0v) is 11.0. The van der Waals surface area contributed by atoms with Crippen molar-refractivity contribution in [2.24, 2.45) is 0 Å². The van der Waals surface area contributed by atoms with E-state index in [4.69, 9.17) is 0 Å². The van der Waals surface area contributed by atoms with Crippen LogP contribution < -0.4 is 15.5 Å². The minimum atomic E-state index is -0.791. The number of amides is 2. The van der Waals surface area contributed by atoms with Crippen LogP contribution in [0.15, 0.2) is 18.2 Å². The number of para-hydroxylation sites is 1. The topological polar surface area (TPSA) is 61.4 Å². The van der Waals surface area contributed by atoms with Crippen molar-refractivity contribution in [1.29, 1.82) is 0 Å². The molecule has 1 fully saturated rings. The Labute approximate surface area is 114 Å². The van der Waals surface area contributed by atoms with Crippen LogP contribution in [0.1, 0.15) is 6.42 Å². The van der Waals surface area contributed by atoms with Gasteiger partial charge < -0.3 is 15.5 Å². The summed E-state index contributed by atoms with van der Waals surface area (Å²) < 4.78 is 27.3. The van der Waals surface area contributed by atoms with Gasteiger partial charge in [-0.25, -0.2) is 8.78 Å². The maximum absolute atomic E-state index is 13.7. The second-order valence-corrected chi connectivity index (χ2v) is 4.50. The Kier molecular flexibility index (Phi) is 4.29. The van der Waals surface area contributed by atoms with Gasteiger partial charge in [0.2, 0.25) is 11.8 Å². The molecule has 0 aliphatic carbocycles. The van der Waals surface area contributed by atoms with E-state index in [1.807, 2.05) is 0 Å². The number of carbonyl (C=O) groups excluding carboxylic acids is 2. The van der Waals surface area contributed by atoms with Crippen molar-refractivity contribution in [2.75, 3.05) is 25.0 Å². The maximum Gasteiger partial charge on any atom is 0.249 e. The van der Waals surface area contributed by atoms with Crippen molar-refractivity contribution in [3.63, 3.8) is 0 Å². The maximum atomic E-state index is 13.7. The fourth-order valence-electron chi connectivity index (χ4n) is 2.19. The van der Waals surface area contributed by atoms with Crippen LogP contribution in [0.3, 0.4) is 0 Å². The fraction of sp³-hybridized carbons (Fsp3) is 0.385. The number of anilines is 1. The second-order valence-electron chi connectivity index (χ2n) is 4.50. The summed E-state index contributed by atoms with van der Waals surface area (Å²) in [5.74, 6) is -2.42. The van der Waals surface area contributed by atoms with Crippen LogP contribution in [0.5, 0.6) is 0 Å². The van der Waals surface area contributed by atoms with Gasteiger partial charge in [-0.2, -0.15) is 0 Å². The molecule has 0 spiro atoms. The Morgan fingerprint density at radius 2 is 2.05 bits per heavy atom. The van der Waals surface area contributed by atoms with E-state index in [1.54, 1.807) is 7.05 Å². The van der Waals surface area contributed by atoms with Gasteiger partial charge in [0.1, 0.15) is 23.4 Å². The van der Waals surface area contributed by atoms with Gasteiger partial charge >= 0.3 is 0 Å². The Bertz CT molecular complexity index is 516. The van der Waals surface area contributed by atoms with Crippen LogP contribution in [-0.2, 0) is 9.59 Å². The summed E-state index contributed by atoms with van der Waals surface area (Å²) in [6.45, 7) is 0.249. The molecule has 0 bridgehead atoms. The summed E-state index contributed by atoms with van der Waals surface area (Å²) in [6.07, 6.45) is 0.321. The molecule has 1 aromatic rings. The molecule has 2 amide bonds. The molecule has 0 aromatic heterocycles. The Morgan fingerprint density at radius 3 is 2.65 bits per heavy atom. The van der Waals surface area contributed by atoms with E-state index in [0.29, 0.717) is 6.42 Å². The van der Waals surface area contributed by atoms with Gasteiger partial charge in [0.05, 0.1) is 6.54 Å². The molecule has 1 atom stereocenters. The number of hydrogen-bond acceptors (Lipinski definition) is 3. The van der Waals surface area contributed by atoms with Gasteiger partial charge in [0.15, 0.2) is 0 Å². The van der Waals surface area contributed by atoms with Crippen LogP contribution in [0.4, 0.5) is 14.5 Å². The molecule has 1 unspecified atom stereocenters. The fourth-order valence-corrected chi connectivity index (χ4v) is 2.19. The first-order valence-electron chi connectivity index (χ1n) is 6.24. The molecule has 1 aliphatic heterocycles. The van der Waals surface area contributed by atoms with Gasteiger partial charge in [0, 0.05) is 6.54 Å². The number of benzene rings is 1. The highest BCUT2D eigenvalue weighted by Crippen LogP contribution is 2.27. The third-order valence-electron chi connectivity index (χ3n) is 3.09. The van der Waals surface area contributed by atoms with E-state index in [9.17, 15) is 18.4 Å². The molecule has 7 heteroatoms. The zero-order valence-electron chi connectivity index (χ0n) is 11.0. The van der Waals surface area contributed by atoms with Crippen LogP contribution in [0.25, 0.3) is 0 Å². The number of rotatable bonds is 4. The van der Waals surface area contributed by atoms with Crippen molar-refractivity contribution in [1.82, 2.24) is 10.6 Å². The van der Waals surface area contributed by atoms with Gasteiger partial charge in [-0.3, -0.25) is 9.59 Å². The third-order valence-corrected chi connectivity index (χ3v) is 3.09. The molecule has 0 saturated carbocycles. The van der Waals surface area contributed by atoms with E-state index in [1.165, 1.54) is 6.07 Å². The lowest BCUT2D eigenvalue weighted by Crippen LogP contribution is -2.44. The smallest absolute Gasteiger partial charge is 0.249 e. The largest absolute Gasteiger partial charge is 0.343 e. The van der Waals surface area contributed by atoms with Gasteiger partial charge in [-0.15, -0.1) is 0 Å².